The Balaban J connectivity index is 0.00000261. The number of likely N-dealkylation sites (tertiary alicyclic amines) is 1. The van der Waals surface area contributed by atoms with E-state index in [1.165, 1.54) is 0 Å². The Morgan fingerprint density at radius 3 is 2.44 bits per heavy atom. The number of methoxy groups -OCH3 is 2. The lowest BCUT2D eigenvalue weighted by Gasteiger charge is -2.36. The van der Waals surface area contributed by atoms with Gasteiger partial charge in [-0.1, -0.05) is 0 Å². The second-order valence-corrected chi connectivity index (χ2v) is 6.89. The summed E-state index contributed by atoms with van der Waals surface area (Å²) in [6.07, 6.45) is 3.27. The van der Waals surface area contributed by atoms with Gasteiger partial charge in [-0.15, -0.1) is 12.4 Å². The number of benzene rings is 1. The molecular formula is C19H28ClN3O4. The summed E-state index contributed by atoms with van der Waals surface area (Å²) in [5.74, 6) is 0.889. The maximum atomic E-state index is 13.0. The van der Waals surface area contributed by atoms with E-state index in [9.17, 15) is 9.59 Å². The van der Waals surface area contributed by atoms with Crippen LogP contribution in [0.3, 0.4) is 0 Å². The predicted octanol–water partition coefficient (Wildman–Crippen LogP) is 1.82. The molecule has 2 amide bonds. The summed E-state index contributed by atoms with van der Waals surface area (Å²) >= 11 is 0. The number of piperidine rings is 1. The summed E-state index contributed by atoms with van der Waals surface area (Å²) in [6.45, 7) is 1.59. The number of nitrogens with zero attached hydrogens (tertiary/aromatic N) is 2. The predicted molar refractivity (Wildman–Crippen MR) is 106 cm³/mol. The van der Waals surface area contributed by atoms with Crippen LogP contribution in [0.5, 0.6) is 11.5 Å². The van der Waals surface area contributed by atoms with E-state index in [4.69, 9.17) is 15.2 Å². The molecular weight excluding hydrogens is 370 g/mol. The average molecular weight is 398 g/mol. The van der Waals surface area contributed by atoms with Gasteiger partial charge < -0.3 is 25.0 Å². The summed E-state index contributed by atoms with van der Waals surface area (Å²) < 4.78 is 10.6. The van der Waals surface area contributed by atoms with Crippen molar-refractivity contribution in [2.75, 3.05) is 38.8 Å². The van der Waals surface area contributed by atoms with Crippen molar-refractivity contribution in [2.45, 2.75) is 31.7 Å². The highest BCUT2D eigenvalue weighted by Gasteiger charge is 2.39. The second-order valence-electron chi connectivity index (χ2n) is 6.89. The lowest BCUT2D eigenvalue weighted by atomic mass is 9.98. The fraction of sp³-hybridized carbons (Fsp3) is 0.579. The van der Waals surface area contributed by atoms with E-state index in [-0.39, 0.29) is 42.6 Å². The lowest BCUT2D eigenvalue weighted by molar-refractivity contribution is -0.139. The van der Waals surface area contributed by atoms with Gasteiger partial charge in [0.15, 0.2) is 0 Å². The van der Waals surface area contributed by atoms with E-state index in [1.807, 2.05) is 4.90 Å². The van der Waals surface area contributed by atoms with Crippen molar-refractivity contribution in [3.8, 4) is 11.5 Å². The van der Waals surface area contributed by atoms with Crippen molar-refractivity contribution in [3.63, 3.8) is 0 Å². The molecule has 2 N–H and O–H groups in total. The second kappa shape index (κ2) is 9.28. The summed E-state index contributed by atoms with van der Waals surface area (Å²) in [5.41, 5.74) is 6.53. The number of halogens is 1. The molecule has 2 aliphatic rings. The van der Waals surface area contributed by atoms with E-state index in [0.717, 1.165) is 25.8 Å². The van der Waals surface area contributed by atoms with Gasteiger partial charge >= 0.3 is 0 Å². The van der Waals surface area contributed by atoms with Gasteiger partial charge in [0.05, 0.1) is 25.8 Å². The highest BCUT2D eigenvalue weighted by atomic mass is 35.5. The fourth-order valence-electron chi connectivity index (χ4n) is 3.84. The van der Waals surface area contributed by atoms with Gasteiger partial charge in [0.25, 0.3) is 0 Å². The lowest BCUT2D eigenvalue weighted by Crippen LogP contribution is -2.50. The Morgan fingerprint density at radius 1 is 1.19 bits per heavy atom. The molecule has 2 fully saturated rings. The molecule has 3 rings (SSSR count). The number of rotatable bonds is 5. The maximum absolute atomic E-state index is 13.0. The number of amides is 2. The molecule has 27 heavy (non-hydrogen) atoms. The smallest absolute Gasteiger partial charge is 0.228 e. The van der Waals surface area contributed by atoms with Crippen LogP contribution in [0.4, 0.5) is 5.69 Å². The van der Waals surface area contributed by atoms with Crippen LogP contribution in [0.15, 0.2) is 18.2 Å². The minimum atomic E-state index is -0.327. The number of hydrogen-bond acceptors (Lipinski definition) is 5. The van der Waals surface area contributed by atoms with Crippen molar-refractivity contribution in [1.29, 1.82) is 0 Å². The molecule has 2 aliphatic heterocycles. The average Bonchev–Trinajstić information content (AvgIpc) is 3.08. The molecule has 150 valence electrons. The standard InChI is InChI=1S/C19H27N3O4.ClH/c1-25-16-8-15(9-17(10-16)26-2)22-12-13(7-18(22)23)19(24)21-6-4-3-5-14(21)11-20;/h8-10,13-14H,3-7,11-12,20H2,1-2H3;1H. The summed E-state index contributed by atoms with van der Waals surface area (Å²) in [6, 6.07) is 5.43. The topological polar surface area (TPSA) is 85.1 Å². The number of carbonyl (C=O) groups excluding carboxylic acids is 2. The van der Waals surface area contributed by atoms with Crippen molar-refractivity contribution < 1.29 is 19.1 Å². The van der Waals surface area contributed by atoms with Gasteiger partial charge in [-0.2, -0.15) is 0 Å². The zero-order valence-corrected chi connectivity index (χ0v) is 16.7. The van der Waals surface area contributed by atoms with Gasteiger partial charge in [-0.25, -0.2) is 0 Å². The number of ether oxygens (including phenoxy) is 2. The third kappa shape index (κ3) is 4.47. The van der Waals surface area contributed by atoms with Crippen LogP contribution in [0.2, 0.25) is 0 Å². The molecule has 7 nitrogen and oxygen atoms in total. The largest absolute Gasteiger partial charge is 0.497 e. The van der Waals surface area contributed by atoms with E-state index < -0.39 is 0 Å². The van der Waals surface area contributed by atoms with Crippen molar-refractivity contribution in [1.82, 2.24) is 4.90 Å². The summed E-state index contributed by atoms with van der Waals surface area (Å²) in [7, 11) is 3.14. The SMILES string of the molecule is COc1cc(OC)cc(N2CC(C(=O)N3CCCCC3CN)CC2=O)c1.Cl. The molecule has 1 aromatic carbocycles. The molecule has 0 radical (unpaired) electrons. The van der Waals surface area contributed by atoms with Gasteiger partial charge in [0.2, 0.25) is 11.8 Å². The van der Waals surface area contributed by atoms with Crippen molar-refractivity contribution in [3.05, 3.63) is 18.2 Å². The first-order valence-electron chi connectivity index (χ1n) is 9.11. The molecule has 0 bridgehead atoms. The van der Waals surface area contributed by atoms with Crippen LogP contribution in [0, 0.1) is 5.92 Å². The normalized spacial score (nSPS) is 22.4. The molecule has 0 saturated carbocycles. The van der Waals surface area contributed by atoms with E-state index in [0.29, 0.717) is 30.3 Å². The minimum absolute atomic E-state index is 0. The summed E-state index contributed by atoms with van der Waals surface area (Å²) in [5, 5.41) is 0. The van der Waals surface area contributed by atoms with Crippen LogP contribution >= 0.6 is 12.4 Å². The zero-order chi connectivity index (χ0) is 18.7. The van der Waals surface area contributed by atoms with Crippen LogP contribution in [-0.2, 0) is 9.59 Å². The van der Waals surface area contributed by atoms with Crippen molar-refractivity contribution >= 4 is 29.9 Å². The Labute approximate surface area is 166 Å². The molecule has 0 spiro atoms. The Morgan fingerprint density at radius 2 is 1.85 bits per heavy atom. The summed E-state index contributed by atoms with van der Waals surface area (Å²) in [4.78, 5) is 29.1. The van der Waals surface area contributed by atoms with Crippen molar-refractivity contribution in [2.24, 2.45) is 11.7 Å². The van der Waals surface area contributed by atoms with Crippen LogP contribution in [-0.4, -0.2) is 56.6 Å². The molecule has 0 aromatic heterocycles. The Kier molecular flexibility index (Phi) is 7.33. The first-order valence-corrected chi connectivity index (χ1v) is 9.11. The number of hydrogen-bond donors (Lipinski definition) is 1. The van der Waals surface area contributed by atoms with Crippen LogP contribution in [0.25, 0.3) is 0 Å². The highest BCUT2D eigenvalue weighted by Crippen LogP contribution is 2.33. The molecule has 0 aliphatic carbocycles. The fourth-order valence-corrected chi connectivity index (χ4v) is 3.84. The quantitative estimate of drug-likeness (QED) is 0.819. The highest BCUT2D eigenvalue weighted by molar-refractivity contribution is 6.00. The molecule has 8 heteroatoms. The van der Waals surface area contributed by atoms with Gasteiger partial charge in [-0.05, 0) is 19.3 Å². The van der Waals surface area contributed by atoms with E-state index >= 15 is 0 Å². The number of nitrogens with two attached hydrogens (primary N) is 1. The number of carbonyl (C=O) groups is 2. The minimum Gasteiger partial charge on any atom is -0.497 e. The number of anilines is 1. The third-order valence-electron chi connectivity index (χ3n) is 5.30. The van der Waals surface area contributed by atoms with Crippen LogP contribution < -0.4 is 20.1 Å². The monoisotopic (exact) mass is 397 g/mol. The first kappa shape index (κ1) is 21.3. The van der Waals surface area contributed by atoms with Gasteiger partial charge in [0.1, 0.15) is 11.5 Å². The molecule has 2 saturated heterocycles. The Bertz CT molecular complexity index is 663. The Hall–Kier alpha value is -1.99. The van der Waals surface area contributed by atoms with E-state index in [1.54, 1.807) is 37.3 Å². The zero-order valence-electron chi connectivity index (χ0n) is 15.8. The third-order valence-corrected chi connectivity index (χ3v) is 5.30. The van der Waals surface area contributed by atoms with Gasteiger partial charge in [0, 0.05) is 50.3 Å². The molecule has 2 heterocycles. The molecule has 2 atom stereocenters. The van der Waals surface area contributed by atoms with E-state index in [2.05, 4.69) is 0 Å². The molecule has 2 unspecified atom stereocenters. The van der Waals surface area contributed by atoms with Gasteiger partial charge in [-0.3, -0.25) is 9.59 Å². The maximum Gasteiger partial charge on any atom is 0.228 e. The first-order chi connectivity index (χ1) is 12.6. The van der Waals surface area contributed by atoms with Crippen LogP contribution in [0.1, 0.15) is 25.7 Å². The molecule has 1 aromatic rings.